The summed E-state index contributed by atoms with van der Waals surface area (Å²) in [6, 6.07) is 0. The second kappa shape index (κ2) is 1.79. The van der Waals surface area contributed by atoms with E-state index in [4.69, 9.17) is 14.7 Å². The Bertz CT molecular complexity index is 37.3. The molecule has 0 saturated carbocycles. The molecule has 0 radical (unpaired) electrons. The van der Waals surface area contributed by atoms with Crippen molar-refractivity contribution in [2.75, 3.05) is 0 Å². The highest BCUT2D eigenvalue weighted by Gasteiger charge is 2.31. The summed E-state index contributed by atoms with van der Waals surface area (Å²) in [7, 11) is -4.12. The van der Waals surface area contributed by atoms with E-state index in [0.717, 1.165) is 0 Å². The molecule has 0 amide bonds. The molecule has 0 aliphatic rings. The molecule has 0 aliphatic carbocycles. The first kappa shape index (κ1) is 6.23. The zero-order valence-corrected chi connectivity index (χ0v) is 3.67. The SMILES string of the molecule is NO[P+](O)(O)O. The molecular formula is H5NO4P+. The third-order valence-corrected chi connectivity index (χ3v) is 0.424. The quantitative estimate of drug-likeness (QED) is 0.246. The lowest BCUT2D eigenvalue weighted by atomic mass is 13.6. The van der Waals surface area contributed by atoms with Crippen LogP contribution in [0.2, 0.25) is 0 Å². The average molecular weight is 114 g/mol. The van der Waals surface area contributed by atoms with Gasteiger partial charge < -0.3 is 0 Å². The summed E-state index contributed by atoms with van der Waals surface area (Å²) >= 11 is 0. The van der Waals surface area contributed by atoms with E-state index in [9.17, 15) is 0 Å². The average Bonchev–Trinajstić information content (AvgIpc) is 1.35. The Balaban J connectivity index is 3.17. The van der Waals surface area contributed by atoms with E-state index >= 15 is 0 Å². The zero-order valence-electron chi connectivity index (χ0n) is 2.77. The van der Waals surface area contributed by atoms with Gasteiger partial charge in [0, 0.05) is 0 Å². The topological polar surface area (TPSA) is 95.9 Å². The Labute approximate surface area is 34.6 Å². The van der Waals surface area contributed by atoms with Crippen LogP contribution in [-0.2, 0) is 4.62 Å². The lowest BCUT2D eigenvalue weighted by molar-refractivity contribution is 0.163. The third kappa shape index (κ3) is 4.23. The molecule has 38 valence electrons. The lowest BCUT2D eigenvalue weighted by Gasteiger charge is -1.91. The lowest BCUT2D eigenvalue weighted by Crippen LogP contribution is -2.00. The molecule has 0 aliphatic heterocycles. The van der Waals surface area contributed by atoms with Gasteiger partial charge in [0.05, 0.1) is 0 Å². The van der Waals surface area contributed by atoms with Crippen molar-refractivity contribution in [1.29, 1.82) is 0 Å². The standard InChI is InChI=1S/H5NO4P/c1-5-6(2,3)4/h2-4H,1H2/q+1. The van der Waals surface area contributed by atoms with Crippen LogP contribution in [0.1, 0.15) is 0 Å². The van der Waals surface area contributed by atoms with Gasteiger partial charge in [0.1, 0.15) is 0 Å². The Morgan fingerprint density at radius 2 is 1.50 bits per heavy atom. The molecule has 0 aromatic rings. The van der Waals surface area contributed by atoms with Crippen LogP contribution in [-0.4, -0.2) is 14.7 Å². The van der Waals surface area contributed by atoms with Gasteiger partial charge in [-0.2, -0.15) is 20.6 Å². The van der Waals surface area contributed by atoms with Gasteiger partial charge in [0.25, 0.3) is 0 Å². The molecule has 0 atom stereocenters. The number of hydrogen-bond donors (Lipinski definition) is 4. The van der Waals surface area contributed by atoms with Crippen LogP contribution in [0.4, 0.5) is 0 Å². The Kier molecular flexibility index (Phi) is 1.86. The van der Waals surface area contributed by atoms with Crippen LogP contribution in [0, 0.1) is 0 Å². The molecular weight excluding hydrogens is 109 g/mol. The molecule has 0 unspecified atom stereocenters. The molecule has 0 fully saturated rings. The minimum absolute atomic E-state index is 3.22. The summed E-state index contributed by atoms with van der Waals surface area (Å²) in [4.78, 5) is 23.1. The second-order valence-corrected chi connectivity index (χ2v) is 1.86. The minimum Gasteiger partial charge on any atom is -0.167 e. The fourth-order valence-electron chi connectivity index (χ4n) is 0. The zero-order chi connectivity index (χ0) is 5.21. The van der Waals surface area contributed by atoms with Crippen molar-refractivity contribution in [3.05, 3.63) is 0 Å². The van der Waals surface area contributed by atoms with E-state index in [1.807, 2.05) is 0 Å². The molecule has 0 rings (SSSR count). The van der Waals surface area contributed by atoms with Gasteiger partial charge >= 0.3 is 8.17 Å². The molecule has 0 heterocycles. The molecule has 6 heteroatoms. The van der Waals surface area contributed by atoms with Gasteiger partial charge in [0.15, 0.2) is 0 Å². The predicted molar refractivity (Wildman–Crippen MR) is 18.8 cm³/mol. The summed E-state index contributed by atoms with van der Waals surface area (Å²) in [6.07, 6.45) is 0. The van der Waals surface area contributed by atoms with E-state index in [1.54, 1.807) is 0 Å². The maximum atomic E-state index is 7.70. The maximum absolute atomic E-state index is 7.70. The van der Waals surface area contributed by atoms with E-state index in [0.29, 0.717) is 0 Å². The van der Waals surface area contributed by atoms with Crippen LogP contribution >= 0.6 is 8.17 Å². The second-order valence-electron chi connectivity index (χ2n) is 0.619. The van der Waals surface area contributed by atoms with Crippen molar-refractivity contribution in [2.45, 2.75) is 0 Å². The summed E-state index contributed by atoms with van der Waals surface area (Å²) in [6.45, 7) is 0. The summed E-state index contributed by atoms with van der Waals surface area (Å²) in [5, 5.41) is 0. The van der Waals surface area contributed by atoms with Gasteiger partial charge in [-0.1, -0.05) is 4.62 Å². The van der Waals surface area contributed by atoms with Gasteiger partial charge in [-0.25, -0.2) is 0 Å². The van der Waals surface area contributed by atoms with Crippen LogP contribution in [0.15, 0.2) is 0 Å². The maximum Gasteiger partial charge on any atom is 0.585 e. The first-order valence-corrected chi connectivity index (χ1v) is 2.58. The van der Waals surface area contributed by atoms with E-state index in [-0.39, 0.29) is 0 Å². The van der Waals surface area contributed by atoms with Gasteiger partial charge in [-0.05, 0) is 0 Å². The molecule has 0 aromatic carbocycles. The van der Waals surface area contributed by atoms with Crippen LogP contribution in [0.3, 0.4) is 0 Å². The Morgan fingerprint density at radius 1 is 1.33 bits per heavy atom. The normalized spacial score (nSPS) is 12.0. The third-order valence-electron chi connectivity index (χ3n) is 0.141. The van der Waals surface area contributed by atoms with Crippen molar-refractivity contribution in [3.8, 4) is 0 Å². The molecule has 5 N–H and O–H groups in total. The highest BCUT2D eigenvalue weighted by molar-refractivity contribution is 7.53. The number of hydrogen-bond acceptors (Lipinski definition) is 5. The summed E-state index contributed by atoms with van der Waals surface area (Å²) in [5.41, 5.74) is 0. The molecule has 6 heavy (non-hydrogen) atoms. The van der Waals surface area contributed by atoms with Crippen molar-refractivity contribution in [2.24, 2.45) is 5.90 Å². The van der Waals surface area contributed by atoms with Crippen molar-refractivity contribution in [1.82, 2.24) is 0 Å². The summed E-state index contributed by atoms with van der Waals surface area (Å²) < 4.78 is 3.22. The molecule has 0 saturated heterocycles. The van der Waals surface area contributed by atoms with Crippen LogP contribution in [0.25, 0.3) is 0 Å². The largest absolute Gasteiger partial charge is 0.585 e. The monoisotopic (exact) mass is 114 g/mol. The fraction of sp³-hybridized carbons (Fsp3) is 0. The summed E-state index contributed by atoms with van der Waals surface area (Å²) in [5.74, 6) is 4.10. The number of nitrogens with two attached hydrogens (primary N) is 1. The van der Waals surface area contributed by atoms with Crippen LogP contribution < -0.4 is 5.90 Å². The molecule has 0 spiro atoms. The Hall–Kier alpha value is 0.230. The highest BCUT2D eigenvalue weighted by Crippen LogP contribution is 2.42. The van der Waals surface area contributed by atoms with Gasteiger partial charge in [-0.3, -0.25) is 0 Å². The minimum atomic E-state index is -4.12. The van der Waals surface area contributed by atoms with Crippen molar-refractivity contribution >= 4 is 8.17 Å². The molecule has 0 bridgehead atoms. The van der Waals surface area contributed by atoms with Gasteiger partial charge in [0.2, 0.25) is 0 Å². The highest BCUT2D eigenvalue weighted by atomic mass is 31.2. The van der Waals surface area contributed by atoms with E-state index in [2.05, 4.69) is 10.5 Å². The van der Waals surface area contributed by atoms with Crippen LogP contribution in [0.5, 0.6) is 0 Å². The first-order valence-electron chi connectivity index (χ1n) is 1.02. The smallest absolute Gasteiger partial charge is 0.167 e. The molecule has 0 aromatic heterocycles. The first-order chi connectivity index (χ1) is 2.56. The Morgan fingerprint density at radius 3 is 1.50 bits per heavy atom. The number of rotatable bonds is 1. The fourth-order valence-corrected chi connectivity index (χ4v) is 0. The van der Waals surface area contributed by atoms with E-state index in [1.165, 1.54) is 0 Å². The van der Waals surface area contributed by atoms with Crippen molar-refractivity contribution < 1.29 is 19.3 Å². The van der Waals surface area contributed by atoms with Gasteiger partial charge in [-0.15, -0.1) is 0 Å². The molecule has 5 nitrogen and oxygen atoms in total. The van der Waals surface area contributed by atoms with E-state index < -0.39 is 8.17 Å². The van der Waals surface area contributed by atoms with Crippen molar-refractivity contribution in [3.63, 3.8) is 0 Å². The predicted octanol–water partition coefficient (Wildman–Crippen LogP) is -1.47.